The molecule has 0 bridgehead atoms. The van der Waals surface area contributed by atoms with Crippen molar-refractivity contribution in [2.45, 2.75) is 30.9 Å². The molecule has 1 heterocycles. The molecule has 2 N–H and O–H groups in total. The quantitative estimate of drug-likeness (QED) is 0.806. The highest BCUT2D eigenvalue weighted by molar-refractivity contribution is 7.92. The molecule has 1 aliphatic rings. The van der Waals surface area contributed by atoms with Crippen LogP contribution in [0.2, 0.25) is 0 Å². The summed E-state index contributed by atoms with van der Waals surface area (Å²) in [4.78, 5) is 23.5. The standard InChI is InChI=1S/C16H21NO5S/c18-15(14-8-4-5-9-23(14,21)22)17-11-13(16(19)20)10-12-6-2-1-3-7-12/h1-3,6-7,13-14H,4-5,8-11H2,(H,17,18)(H,19,20). The van der Waals surface area contributed by atoms with E-state index in [4.69, 9.17) is 0 Å². The van der Waals surface area contributed by atoms with Crippen molar-refractivity contribution in [1.29, 1.82) is 0 Å². The zero-order valence-corrected chi connectivity index (χ0v) is 13.6. The van der Waals surface area contributed by atoms with Crippen molar-refractivity contribution in [3.05, 3.63) is 35.9 Å². The van der Waals surface area contributed by atoms with Crippen molar-refractivity contribution in [2.24, 2.45) is 5.92 Å². The number of nitrogens with one attached hydrogen (secondary N) is 1. The van der Waals surface area contributed by atoms with Crippen LogP contribution in [0.25, 0.3) is 0 Å². The molecular weight excluding hydrogens is 318 g/mol. The summed E-state index contributed by atoms with van der Waals surface area (Å²) < 4.78 is 23.8. The van der Waals surface area contributed by atoms with Crippen LogP contribution in [0, 0.1) is 5.92 Å². The summed E-state index contributed by atoms with van der Waals surface area (Å²) in [6.45, 7) is -0.0743. The van der Waals surface area contributed by atoms with Crippen LogP contribution in [0.4, 0.5) is 0 Å². The van der Waals surface area contributed by atoms with Crippen LogP contribution in [-0.2, 0) is 25.8 Å². The third kappa shape index (κ3) is 4.79. The molecule has 1 aliphatic heterocycles. The first kappa shape index (κ1) is 17.5. The van der Waals surface area contributed by atoms with E-state index in [1.54, 1.807) is 0 Å². The molecule has 1 aromatic carbocycles. The Bertz CT molecular complexity index is 656. The van der Waals surface area contributed by atoms with E-state index < -0.39 is 32.9 Å². The zero-order valence-electron chi connectivity index (χ0n) is 12.8. The van der Waals surface area contributed by atoms with Gasteiger partial charge in [-0.3, -0.25) is 9.59 Å². The number of carboxylic acids is 1. The normalized spacial score (nSPS) is 21.3. The van der Waals surface area contributed by atoms with Crippen LogP contribution in [-0.4, -0.2) is 42.9 Å². The number of aliphatic carboxylic acids is 1. The van der Waals surface area contributed by atoms with Gasteiger partial charge in [0.25, 0.3) is 0 Å². The van der Waals surface area contributed by atoms with E-state index in [-0.39, 0.29) is 18.7 Å². The third-order valence-corrected chi connectivity index (χ3v) is 6.24. The molecule has 0 aromatic heterocycles. The Labute approximate surface area is 135 Å². The highest BCUT2D eigenvalue weighted by Crippen LogP contribution is 2.19. The molecule has 0 radical (unpaired) electrons. The highest BCUT2D eigenvalue weighted by atomic mass is 32.2. The summed E-state index contributed by atoms with van der Waals surface area (Å²) in [5.41, 5.74) is 0.861. The van der Waals surface area contributed by atoms with E-state index in [2.05, 4.69) is 5.32 Å². The van der Waals surface area contributed by atoms with E-state index in [1.807, 2.05) is 30.3 Å². The number of carbonyl (C=O) groups is 2. The number of sulfone groups is 1. The molecule has 1 fully saturated rings. The van der Waals surface area contributed by atoms with Gasteiger partial charge in [-0.15, -0.1) is 0 Å². The molecule has 2 rings (SSSR count). The number of amides is 1. The Balaban J connectivity index is 1.96. The van der Waals surface area contributed by atoms with E-state index >= 15 is 0 Å². The predicted octanol–water partition coefficient (Wildman–Crippen LogP) is 1.01. The maximum absolute atomic E-state index is 12.1. The molecule has 0 aliphatic carbocycles. The lowest BCUT2D eigenvalue weighted by Crippen LogP contribution is -2.45. The molecule has 7 heteroatoms. The van der Waals surface area contributed by atoms with Gasteiger partial charge >= 0.3 is 5.97 Å². The van der Waals surface area contributed by atoms with Gasteiger partial charge in [-0.25, -0.2) is 8.42 Å². The number of rotatable bonds is 6. The fourth-order valence-electron chi connectivity index (χ4n) is 2.73. The molecule has 1 amide bonds. The monoisotopic (exact) mass is 339 g/mol. The summed E-state index contributed by atoms with van der Waals surface area (Å²) in [6, 6.07) is 9.13. The van der Waals surface area contributed by atoms with Crippen molar-refractivity contribution >= 4 is 21.7 Å². The predicted molar refractivity (Wildman–Crippen MR) is 85.7 cm³/mol. The van der Waals surface area contributed by atoms with Gasteiger partial charge in [-0.1, -0.05) is 36.8 Å². The molecule has 126 valence electrons. The van der Waals surface area contributed by atoms with Gasteiger partial charge < -0.3 is 10.4 Å². The lowest BCUT2D eigenvalue weighted by Gasteiger charge is -2.22. The number of carboxylic acid groups (broad SMARTS) is 1. The summed E-state index contributed by atoms with van der Waals surface area (Å²) >= 11 is 0. The van der Waals surface area contributed by atoms with Gasteiger partial charge in [-0.2, -0.15) is 0 Å². The van der Waals surface area contributed by atoms with Crippen molar-refractivity contribution in [1.82, 2.24) is 5.32 Å². The van der Waals surface area contributed by atoms with E-state index in [0.717, 1.165) is 5.56 Å². The summed E-state index contributed by atoms with van der Waals surface area (Å²) in [7, 11) is -3.41. The van der Waals surface area contributed by atoms with Gasteiger partial charge in [0, 0.05) is 6.54 Å². The molecule has 0 saturated carbocycles. The number of carbonyl (C=O) groups excluding carboxylic acids is 1. The van der Waals surface area contributed by atoms with Gasteiger partial charge in [-0.05, 0) is 24.8 Å². The molecule has 23 heavy (non-hydrogen) atoms. The first-order valence-electron chi connectivity index (χ1n) is 7.66. The number of hydrogen-bond acceptors (Lipinski definition) is 4. The average molecular weight is 339 g/mol. The van der Waals surface area contributed by atoms with Gasteiger partial charge in [0.1, 0.15) is 5.25 Å². The van der Waals surface area contributed by atoms with Gasteiger partial charge in [0.2, 0.25) is 5.91 Å². The minimum Gasteiger partial charge on any atom is -0.481 e. The molecule has 1 saturated heterocycles. The molecule has 1 aromatic rings. The van der Waals surface area contributed by atoms with Crippen LogP contribution in [0.1, 0.15) is 24.8 Å². The van der Waals surface area contributed by atoms with Crippen molar-refractivity contribution < 1.29 is 23.1 Å². The fourth-order valence-corrected chi connectivity index (χ4v) is 4.56. The zero-order chi connectivity index (χ0) is 16.9. The second-order valence-corrected chi connectivity index (χ2v) is 8.12. The van der Waals surface area contributed by atoms with Crippen molar-refractivity contribution in [3.63, 3.8) is 0 Å². The Hall–Kier alpha value is -1.89. The molecule has 2 unspecified atom stereocenters. The third-order valence-electron chi connectivity index (χ3n) is 4.07. The first-order valence-corrected chi connectivity index (χ1v) is 9.37. The summed E-state index contributed by atoms with van der Waals surface area (Å²) in [5.74, 6) is -2.35. The Morgan fingerprint density at radius 2 is 1.91 bits per heavy atom. The van der Waals surface area contributed by atoms with Crippen LogP contribution in [0.15, 0.2) is 30.3 Å². The lowest BCUT2D eigenvalue weighted by atomic mass is 9.99. The smallest absolute Gasteiger partial charge is 0.308 e. The molecule has 6 nitrogen and oxygen atoms in total. The number of hydrogen-bond donors (Lipinski definition) is 2. The minimum atomic E-state index is -3.41. The number of benzene rings is 1. The van der Waals surface area contributed by atoms with E-state index in [9.17, 15) is 23.1 Å². The van der Waals surface area contributed by atoms with Crippen LogP contribution < -0.4 is 5.32 Å². The van der Waals surface area contributed by atoms with Crippen LogP contribution >= 0.6 is 0 Å². The first-order chi connectivity index (χ1) is 10.9. The summed E-state index contributed by atoms with van der Waals surface area (Å²) in [5, 5.41) is 10.8. The van der Waals surface area contributed by atoms with Crippen LogP contribution in [0.5, 0.6) is 0 Å². The molecular formula is C16H21NO5S. The minimum absolute atomic E-state index is 0.0253. The lowest BCUT2D eigenvalue weighted by molar-refractivity contribution is -0.141. The van der Waals surface area contributed by atoms with E-state index in [0.29, 0.717) is 19.3 Å². The SMILES string of the molecule is O=C(O)C(CNC(=O)C1CCCCS1(=O)=O)Cc1ccccc1. The largest absolute Gasteiger partial charge is 0.481 e. The topological polar surface area (TPSA) is 101 Å². The molecule has 0 spiro atoms. The maximum atomic E-state index is 12.1. The second kappa shape index (κ2) is 7.59. The van der Waals surface area contributed by atoms with Crippen molar-refractivity contribution in [2.75, 3.05) is 12.3 Å². The highest BCUT2D eigenvalue weighted by Gasteiger charge is 2.35. The van der Waals surface area contributed by atoms with Gasteiger partial charge in [0.15, 0.2) is 9.84 Å². The van der Waals surface area contributed by atoms with Gasteiger partial charge in [0.05, 0.1) is 11.7 Å². The Kier molecular flexibility index (Phi) is 5.76. The fraction of sp³-hybridized carbons (Fsp3) is 0.500. The summed E-state index contributed by atoms with van der Waals surface area (Å²) in [6.07, 6.45) is 1.88. The average Bonchev–Trinajstić information content (AvgIpc) is 2.51. The Morgan fingerprint density at radius 1 is 1.22 bits per heavy atom. The Morgan fingerprint density at radius 3 is 2.52 bits per heavy atom. The van der Waals surface area contributed by atoms with Crippen LogP contribution in [0.3, 0.4) is 0 Å². The second-order valence-electron chi connectivity index (χ2n) is 5.82. The van der Waals surface area contributed by atoms with E-state index in [1.165, 1.54) is 0 Å². The molecule has 2 atom stereocenters. The van der Waals surface area contributed by atoms with Crippen molar-refractivity contribution in [3.8, 4) is 0 Å². The maximum Gasteiger partial charge on any atom is 0.308 e.